The molecule has 2 amide bonds. The number of carbonyl (C=O) groups is 2. The van der Waals surface area contributed by atoms with Gasteiger partial charge < -0.3 is 16.8 Å². The van der Waals surface area contributed by atoms with E-state index >= 15 is 0 Å². The maximum atomic E-state index is 11.0. The number of carbonyl (C=O) groups excluding carboxylic acids is 2. The average molecular weight is 201 g/mol. The molecule has 0 aromatic rings. The van der Waals surface area contributed by atoms with Crippen LogP contribution in [0.25, 0.3) is 0 Å². The number of hydrogen-bond donors (Lipinski definition) is 3. The number of rotatable bonds is 5. The van der Waals surface area contributed by atoms with Crippen LogP contribution in [0, 0.1) is 0 Å². The second-order valence-corrected chi connectivity index (χ2v) is 4.35. The number of amides is 2. The fourth-order valence-electron chi connectivity index (χ4n) is 1.09. The van der Waals surface area contributed by atoms with Gasteiger partial charge in [-0.05, 0) is 27.2 Å². The molecule has 5 N–H and O–H groups in total. The van der Waals surface area contributed by atoms with Gasteiger partial charge in [0.15, 0.2) is 0 Å². The van der Waals surface area contributed by atoms with Gasteiger partial charge in [0, 0.05) is 12.0 Å². The van der Waals surface area contributed by atoms with E-state index in [1.54, 1.807) is 0 Å². The monoisotopic (exact) mass is 201 g/mol. The molecule has 0 saturated heterocycles. The minimum absolute atomic E-state index is 0.163. The summed E-state index contributed by atoms with van der Waals surface area (Å²) >= 11 is 0. The van der Waals surface area contributed by atoms with Gasteiger partial charge in [-0.2, -0.15) is 0 Å². The Balaban J connectivity index is 4.17. The van der Waals surface area contributed by atoms with E-state index < -0.39 is 17.9 Å². The van der Waals surface area contributed by atoms with E-state index in [4.69, 9.17) is 11.5 Å². The summed E-state index contributed by atoms with van der Waals surface area (Å²) < 4.78 is 0. The highest BCUT2D eigenvalue weighted by molar-refractivity contribution is 5.81. The molecule has 0 aliphatic carbocycles. The van der Waals surface area contributed by atoms with Crippen LogP contribution in [-0.2, 0) is 9.59 Å². The number of nitrogens with one attached hydrogen (secondary N) is 1. The Morgan fingerprint density at radius 2 is 1.79 bits per heavy atom. The van der Waals surface area contributed by atoms with Crippen LogP contribution >= 0.6 is 0 Å². The Kier molecular flexibility index (Phi) is 4.56. The van der Waals surface area contributed by atoms with Crippen LogP contribution in [0.1, 0.15) is 33.6 Å². The lowest BCUT2D eigenvalue weighted by Crippen LogP contribution is -2.50. The Morgan fingerprint density at radius 3 is 2.07 bits per heavy atom. The van der Waals surface area contributed by atoms with Crippen molar-refractivity contribution in [1.82, 2.24) is 5.32 Å². The van der Waals surface area contributed by atoms with Crippen molar-refractivity contribution in [2.75, 3.05) is 0 Å². The predicted octanol–water partition coefficient (Wildman–Crippen LogP) is -0.506. The molecular weight excluding hydrogens is 182 g/mol. The molecule has 5 nitrogen and oxygen atoms in total. The van der Waals surface area contributed by atoms with Gasteiger partial charge in [0.05, 0.1) is 6.04 Å². The van der Waals surface area contributed by atoms with Gasteiger partial charge in [-0.25, -0.2) is 0 Å². The lowest BCUT2D eigenvalue weighted by atomic mass is 10.0. The van der Waals surface area contributed by atoms with Gasteiger partial charge in [-0.1, -0.05) is 0 Å². The summed E-state index contributed by atoms with van der Waals surface area (Å²) in [6.07, 6.45) is 0.513. The van der Waals surface area contributed by atoms with E-state index in [0.29, 0.717) is 6.42 Å². The molecule has 82 valence electrons. The zero-order valence-corrected chi connectivity index (χ0v) is 8.96. The summed E-state index contributed by atoms with van der Waals surface area (Å²) in [5, 5.41) is 3.03. The normalized spacial score (nSPS) is 13.6. The van der Waals surface area contributed by atoms with Crippen LogP contribution in [-0.4, -0.2) is 23.4 Å². The lowest BCUT2D eigenvalue weighted by Gasteiger charge is -2.26. The van der Waals surface area contributed by atoms with Gasteiger partial charge in [0.1, 0.15) is 0 Å². The molecule has 0 heterocycles. The van der Waals surface area contributed by atoms with Crippen molar-refractivity contribution < 1.29 is 9.59 Å². The summed E-state index contributed by atoms with van der Waals surface area (Å²) in [7, 11) is 0. The summed E-state index contributed by atoms with van der Waals surface area (Å²) in [5.41, 5.74) is 9.95. The van der Waals surface area contributed by atoms with Crippen molar-refractivity contribution in [3.05, 3.63) is 0 Å². The standard InChI is InChI=1S/C9H19N3O2/c1-9(2,3)12-6(8(11)14)4-5-7(10)13/h6,12H,4-5H2,1-3H3,(H2,10,13)(H2,11,14)/t6-/m0/s1. The van der Waals surface area contributed by atoms with Crippen molar-refractivity contribution in [3.63, 3.8) is 0 Å². The molecule has 0 fully saturated rings. The van der Waals surface area contributed by atoms with Crippen LogP contribution < -0.4 is 16.8 Å². The van der Waals surface area contributed by atoms with E-state index in [2.05, 4.69) is 5.32 Å². The first-order chi connectivity index (χ1) is 6.22. The van der Waals surface area contributed by atoms with Crippen molar-refractivity contribution in [2.45, 2.75) is 45.2 Å². The maximum absolute atomic E-state index is 11.0. The van der Waals surface area contributed by atoms with Gasteiger partial charge in [-0.3, -0.25) is 9.59 Å². The van der Waals surface area contributed by atoms with Crippen molar-refractivity contribution in [2.24, 2.45) is 11.5 Å². The van der Waals surface area contributed by atoms with E-state index in [1.807, 2.05) is 20.8 Å². The smallest absolute Gasteiger partial charge is 0.234 e. The third kappa shape index (κ3) is 6.42. The minimum Gasteiger partial charge on any atom is -0.370 e. The molecule has 0 aliphatic rings. The van der Waals surface area contributed by atoms with E-state index in [9.17, 15) is 9.59 Å². The average Bonchev–Trinajstić information content (AvgIpc) is 1.94. The van der Waals surface area contributed by atoms with Crippen LogP contribution in [0.4, 0.5) is 0 Å². The van der Waals surface area contributed by atoms with E-state index in [0.717, 1.165) is 0 Å². The number of primary amides is 2. The number of hydrogen-bond acceptors (Lipinski definition) is 3. The molecule has 0 aromatic carbocycles. The first kappa shape index (κ1) is 12.9. The minimum atomic E-state index is -0.498. The van der Waals surface area contributed by atoms with Gasteiger partial charge in [0.25, 0.3) is 0 Å². The molecule has 0 unspecified atom stereocenters. The predicted molar refractivity (Wildman–Crippen MR) is 54.3 cm³/mol. The number of nitrogens with two attached hydrogens (primary N) is 2. The largest absolute Gasteiger partial charge is 0.370 e. The Hall–Kier alpha value is -1.10. The molecule has 0 radical (unpaired) electrons. The first-order valence-corrected chi connectivity index (χ1v) is 4.57. The molecule has 0 bridgehead atoms. The quantitative estimate of drug-likeness (QED) is 0.559. The highest BCUT2D eigenvalue weighted by Gasteiger charge is 2.21. The molecule has 0 spiro atoms. The summed E-state index contributed by atoms with van der Waals surface area (Å²) in [6, 6.07) is -0.498. The van der Waals surface area contributed by atoms with Gasteiger partial charge >= 0.3 is 0 Å². The third-order valence-electron chi connectivity index (χ3n) is 1.63. The van der Waals surface area contributed by atoms with Gasteiger partial charge in [-0.15, -0.1) is 0 Å². The Labute approximate surface area is 84.2 Å². The van der Waals surface area contributed by atoms with Crippen molar-refractivity contribution in [3.8, 4) is 0 Å². The third-order valence-corrected chi connectivity index (χ3v) is 1.63. The van der Waals surface area contributed by atoms with E-state index in [1.165, 1.54) is 0 Å². The Morgan fingerprint density at radius 1 is 1.29 bits per heavy atom. The summed E-state index contributed by atoms with van der Waals surface area (Å²) in [5.74, 6) is -0.881. The van der Waals surface area contributed by atoms with Crippen molar-refractivity contribution in [1.29, 1.82) is 0 Å². The Bertz CT molecular complexity index is 221. The summed E-state index contributed by atoms with van der Waals surface area (Å²) in [4.78, 5) is 21.5. The topological polar surface area (TPSA) is 98.2 Å². The van der Waals surface area contributed by atoms with Gasteiger partial charge in [0.2, 0.25) is 11.8 Å². The molecule has 0 aromatic heterocycles. The first-order valence-electron chi connectivity index (χ1n) is 4.57. The maximum Gasteiger partial charge on any atom is 0.234 e. The van der Waals surface area contributed by atoms with Crippen LogP contribution in [0.2, 0.25) is 0 Å². The fraction of sp³-hybridized carbons (Fsp3) is 0.778. The highest BCUT2D eigenvalue weighted by atomic mass is 16.1. The highest BCUT2D eigenvalue weighted by Crippen LogP contribution is 2.05. The molecule has 0 rings (SSSR count). The lowest BCUT2D eigenvalue weighted by molar-refractivity contribution is -0.121. The SMILES string of the molecule is CC(C)(C)N[C@@H](CCC(N)=O)C(N)=O. The second-order valence-electron chi connectivity index (χ2n) is 4.35. The van der Waals surface area contributed by atoms with Crippen LogP contribution in [0.5, 0.6) is 0 Å². The molecule has 1 atom stereocenters. The van der Waals surface area contributed by atoms with Crippen LogP contribution in [0.3, 0.4) is 0 Å². The second kappa shape index (κ2) is 4.95. The summed E-state index contributed by atoms with van der Waals surface area (Å²) in [6.45, 7) is 5.77. The van der Waals surface area contributed by atoms with Crippen LogP contribution in [0.15, 0.2) is 0 Å². The molecule has 5 heteroatoms. The zero-order chi connectivity index (χ0) is 11.4. The molecule has 0 saturated carbocycles. The molecule has 14 heavy (non-hydrogen) atoms. The molecule has 0 aliphatic heterocycles. The van der Waals surface area contributed by atoms with Crippen molar-refractivity contribution >= 4 is 11.8 Å². The fourth-order valence-corrected chi connectivity index (χ4v) is 1.09. The molecular formula is C9H19N3O2. The van der Waals surface area contributed by atoms with E-state index in [-0.39, 0.29) is 12.0 Å². The zero-order valence-electron chi connectivity index (χ0n) is 8.96.